The molecule has 1 heterocycles. The van der Waals surface area contributed by atoms with E-state index in [2.05, 4.69) is 26.4 Å². The zero-order chi connectivity index (χ0) is 25.4. The first kappa shape index (κ1) is 22.6. The Morgan fingerprint density at radius 1 is 1.06 bits per heavy atom. The molecular formula is C25H20N6O5. The summed E-state index contributed by atoms with van der Waals surface area (Å²) in [5.74, 6) is -0.412. The predicted octanol–water partition coefficient (Wildman–Crippen LogP) is 3.56. The molecule has 0 bridgehead atoms. The maximum absolute atomic E-state index is 13.4. The largest absolute Gasteiger partial charge is 0.506 e. The van der Waals surface area contributed by atoms with Gasteiger partial charge in [0.25, 0.3) is 5.91 Å². The fraction of sp³-hybridized carbons (Fsp3) is 0.0800. The van der Waals surface area contributed by atoms with Crippen molar-refractivity contribution in [1.82, 2.24) is 10.9 Å². The van der Waals surface area contributed by atoms with Crippen LogP contribution in [0.1, 0.15) is 37.9 Å². The molecule has 3 aromatic carbocycles. The number of rotatable bonds is 4. The second-order valence-corrected chi connectivity index (χ2v) is 8.01. The van der Waals surface area contributed by atoms with Crippen LogP contribution >= 0.6 is 0 Å². The number of aromatic hydroxyl groups is 1. The molecule has 0 aromatic heterocycles. The number of methoxy groups -OCH3 is 1. The molecule has 1 unspecified atom stereocenters. The van der Waals surface area contributed by atoms with Gasteiger partial charge in [-0.25, -0.2) is 10.2 Å². The Kier molecular flexibility index (Phi) is 5.57. The molecule has 11 heteroatoms. The number of anilines is 2. The van der Waals surface area contributed by atoms with Crippen molar-refractivity contribution in [2.24, 2.45) is 10.2 Å². The lowest BCUT2D eigenvalue weighted by molar-refractivity contribution is 0.0937. The van der Waals surface area contributed by atoms with Crippen molar-refractivity contribution in [1.29, 1.82) is 0 Å². The number of carbonyl (C=O) groups is 3. The van der Waals surface area contributed by atoms with Gasteiger partial charge < -0.3 is 20.9 Å². The molecule has 0 saturated carbocycles. The molecule has 0 spiro atoms. The third-order valence-corrected chi connectivity index (χ3v) is 5.86. The second kappa shape index (κ2) is 8.87. The highest BCUT2D eigenvalue weighted by Crippen LogP contribution is 2.49. The lowest BCUT2D eigenvalue weighted by Crippen LogP contribution is -2.44. The van der Waals surface area contributed by atoms with E-state index >= 15 is 0 Å². The van der Waals surface area contributed by atoms with E-state index in [0.717, 1.165) is 5.56 Å². The van der Waals surface area contributed by atoms with Crippen molar-refractivity contribution in [2.75, 3.05) is 18.2 Å². The Morgan fingerprint density at radius 3 is 2.56 bits per heavy atom. The van der Waals surface area contributed by atoms with Gasteiger partial charge in [0.05, 0.1) is 29.6 Å². The number of nitrogens with one attached hydrogen (secondary N) is 3. The highest BCUT2D eigenvalue weighted by Gasteiger charge is 2.42. The van der Waals surface area contributed by atoms with E-state index in [4.69, 9.17) is 10.5 Å². The number of ketones is 1. The Bertz CT molecular complexity index is 1480. The number of benzene rings is 3. The topological polar surface area (TPSA) is 168 Å². The normalized spacial score (nSPS) is 15.4. The molecule has 2 aliphatic rings. The van der Waals surface area contributed by atoms with Crippen molar-refractivity contribution in [3.05, 3.63) is 88.5 Å². The van der Waals surface area contributed by atoms with Gasteiger partial charge in [0.1, 0.15) is 23.2 Å². The van der Waals surface area contributed by atoms with Gasteiger partial charge in [-0.3, -0.25) is 15.0 Å². The molecule has 36 heavy (non-hydrogen) atoms. The Hall–Kier alpha value is -5.19. The summed E-state index contributed by atoms with van der Waals surface area (Å²) < 4.78 is 5.19. The zero-order valence-corrected chi connectivity index (χ0v) is 18.9. The maximum atomic E-state index is 13.4. The summed E-state index contributed by atoms with van der Waals surface area (Å²) in [6, 6.07) is 14.8. The summed E-state index contributed by atoms with van der Waals surface area (Å²) in [5.41, 5.74) is 13.1. The van der Waals surface area contributed by atoms with Gasteiger partial charge in [-0.1, -0.05) is 12.1 Å². The van der Waals surface area contributed by atoms with E-state index in [1.54, 1.807) is 49.6 Å². The van der Waals surface area contributed by atoms with E-state index in [9.17, 15) is 19.5 Å². The molecule has 1 aliphatic carbocycles. The monoisotopic (exact) mass is 484 g/mol. The summed E-state index contributed by atoms with van der Waals surface area (Å²) in [6.07, 6.45) is 0. The number of azo groups is 1. The van der Waals surface area contributed by atoms with Crippen LogP contribution in [0.4, 0.5) is 16.2 Å². The van der Waals surface area contributed by atoms with Gasteiger partial charge in [-0.05, 0) is 54.1 Å². The average Bonchev–Trinajstić information content (AvgIpc) is 3.44. The van der Waals surface area contributed by atoms with Crippen molar-refractivity contribution in [2.45, 2.75) is 6.04 Å². The van der Waals surface area contributed by atoms with E-state index in [1.165, 1.54) is 18.2 Å². The number of hydrogen-bond acceptors (Lipinski definition) is 8. The number of phenols is 1. The summed E-state index contributed by atoms with van der Waals surface area (Å²) in [7, 11) is 1.57. The number of Topliss-reactive ketones (excluding diaryl/α,β-unsaturated/α-hetero) is 1. The van der Waals surface area contributed by atoms with E-state index in [0.29, 0.717) is 28.1 Å². The Morgan fingerprint density at radius 2 is 1.83 bits per heavy atom. The second-order valence-electron chi connectivity index (χ2n) is 8.01. The molecule has 1 atom stereocenters. The zero-order valence-electron chi connectivity index (χ0n) is 18.9. The Balaban J connectivity index is 1.34. The number of fused-ring (bicyclic) bond motifs is 3. The average molecular weight is 484 g/mol. The van der Waals surface area contributed by atoms with Gasteiger partial charge in [0.2, 0.25) is 0 Å². The van der Waals surface area contributed by atoms with E-state index < -0.39 is 18.0 Å². The number of hydrazine groups is 1. The third-order valence-electron chi connectivity index (χ3n) is 5.86. The first-order valence-corrected chi connectivity index (χ1v) is 10.8. The van der Waals surface area contributed by atoms with E-state index in [-0.39, 0.29) is 28.5 Å². The number of hydrogen-bond donors (Lipinski definition) is 5. The number of urea groups is 1. The van der Waals surface area contributed by atoms with Crippen LogP contribution in [0.3, 0.4) is 0 Å². The molecule has 1 aliphatic heterocycles. The Labute approximate surface area is 204 Å². The highest BCUT2D eigenvalue weighted by molar-refractivity contribution is 6.22. The first-order chi connectivity index (χ1) is 17.4. The minimum atomic E-state index is -0.764. The lowest BCUT2D eigenvalue weighted by atomic mass is 10.0. The van der Waals surface area contributed by atoms with Crippen molar-refractivity contribution in [3.63, 3.8) is 0 Å². The fourth-order valence-corrected chi connectivity index (χ4v) is 4.09. The van der Waals surface area contributed by atoms with Gasteiger partial charge in [-0.15, -0.1) is 0 Å². The summed E-state index contributed by atoms with van der Waals surface area (Å²) in [4.78, 5) is 38.2. The standard InChI is InChI=1S/C25H20N6O5/c1-36-14-8-5-12(6-9-14)21-20-22(29-28-21)15-3-2-4-17(19(15)23(20)33)27-25(35)31-30-24(34)13-7-10-18(32)16(26)11-13/h2-11,22,32H,26H2,1H3,(H,30,34)(H2,27,31,35). The molecule has 3 aromatic rings. The molecule has 180 valence electrons. The van der Waals surface area contributed by atoms with Crippen LogP contribution in [0, 0.1) is 0 Å². The van der Waals surface area contributed by atoms with Crippen LogP contribution in [-0.4, -0.2) is 29.9 Å². The first-order valence-electron chi connectivity index (χ1n) is 10.8. The minimum absolute atomic E-state index is 0.0245. The van der Waals surface area contributed by atoms with Crippen LogP contribution in [0.2, 0.25) is 0 Å². The molecule has 0 fully saturated rings. The SMILES string of the molecule is COc1ccc(C2=C3C(=O)c4c(NC(=O)NNC(=O)c5ccc(O)c(N)c5)cccc4C3N=N2)cc1. The van der Waals surface area contributed by atoms with Crippen molar-refractivity contribution < 1.29 is 24.2 Å². The fourth-order valence-electron chi connectivity index (χ4n) is 4.09. The van der Waals surface area contributed by atoms with Crippen LogP contribution in [0.5, 0.6) is 11.5 Å². The summed E-state index contributed by atoms with van der Waals surface area (Å²) in [6.45, 7) is 0. The van der Waals surface area contributed by atoms with Gasteiger partial charge >= 0.3 is 6.03 Å². The smallest absolute Gasteiger partial charge is 0.337 e. The third kappa shape index (κ3) is 3.88. The van der Waals surface area contributed by atoms with Crippen molar-refractivity contribution >= 4 is 34.8 Å². The number of amides is 3. The number of nitrogens with two attached hydrogens (primary N) is 1. The quantitative estimate of drug-likeness (QED) is 0.216. The van der Waals surface area contributed by atoms with Crippen LogP contribution in [-0.2, 0) is 0 Å². The van der Waals surface area contributed by atoms with E-state index in [1.807, 2.05) is 0 Å². The molecule has 11 nitrogen and oxygen atoms in total. The molecule has 5 rings (SSSR count). The number of carbonyl (C=O) groups excluding carboxylic acids is 3. The maximum Gasteiger partial charge on any atom is 0.337 e. The minimum Gasteiger partial charge on any atom is -0.506 e. The van der Waals surface area contributed by atoms with Crippen LogP contribution < -0.4 is 26.6 Å². The van der Waals surface area contributed by atoms with Crippen molar-refractivity contribution in [3.8, 4) is 11.5 Å². The molecular weight excluding hydrogens is 464 g/mol. The molecule has 6 N–H and O–H groups in total. The van der Waals surface area contributed by atoms with Gasteiger partial charge in [-0.2, -0.15) is 10.2 Å². The lowest BCUT2D eigenvalue weighted by Gasteiger charge is -2.12. The molecule has 3 amide bonds. The number of nitrogens with zero attached hydrogens (tertiary/aromatic N) is 2. The molecule has 0 radical (unpaired) electrons. The van der Waals surface area contributed by atoms with Crippen LogP contribution in [0.25, 0.3) is 5.70 Å². The molecule has 0 saturated heterocycles. The number of ether oxygens (including phenoxy) is 1. The summed E-state index contributed by atoms with van der Waals surface area (Å²) >= 11 is 0. The number of phenolic OH excluding ortho intramolecular Hbond substituents is 1. The van der Waals surface area contributed by atoms with Gasteiger partial charge in [0.15, 0.2) is 5.78 Å². The summed E-state index contributed by atoms with van der Waals surface area (Å²) in [5, 5.41) is 20.6. The van der Waals surface area contributed by atoms with Gasteiger partial charge in [0, 0.05) is 11.1 Å². The number of nitrogen functional groups attached to an aromatic ring is 1. The van der Waals surface area contributed by atoms with Crippen LogP contribution in [0.15, 0.2) is 76.5 Å². The predicted molar refractivity (Wildman–Crippen MR) is 130 cm³/mol. The highest BCUT2D eigenvalue weighted by atomic mass is 16.5.